The van der Waals surface area contributed by atoms with Crippen molar-refractivity contribution in [3.05, 3.63) is 29.3 Å². The Labute approximate surface area is 210 Å². The summed E-state index contributed by atoms with van der Waals surface area (Å²) in [6.45, 7) is 3.09. The Kier molecular flexibility index (Phi) is 6.46. The molecule has 1 saturated carbocycles. The molecule has 0 aromatic heterocycles. The van der Waals surface area contributed by atoms with E-state index in [4.69, 9.17) is 9.47 Å². The van der Waals surface area contributed by atoms with Crippen LogP contribution in [0, 0.1) is 11.8 Å². The predicted octanol–water partition coefficient (Wildman–Crippen LogP) is 2.44. The number of halogens is 1. The molecule has 0 radical (unpaired) electrons. The first-order valence-corrected chi connectivity index (χ1v) is 13.4. The van der Waals surface area contributed by atoms with Crippen LogP contribution in [0.15, 0.2) is 18.2 Å². The Hall–Kier alpha value is -2.52. The molecule has 9 heteroatoms. The predicted molar refractivity (Wildman–Crippen MR) is 128 cm³/mol. The van der Waals surface area contributed by atoms with Gasteiger partial charge in [0.2, 0.25) is 11.8 Å². The average molecular weight is 500 g/mol. The molecule has 1 aliphatic carbocycles. The summed E-state index contributed by atoms with van der Waals surface area (Å²) in [5.41, 5.74) is 1.45. The summed E-state index contributed by atoms with van der Waals surface area (Å²) in [4.78, 5) is 40.8. The molecular weight excluding hydrogens is 465 g/mol. The molecule has 1 N–H and O–H groups in total. The quantitative estimate of drug-likeness (QED) is 0.627. The molecule has 4 aliphatic heterocycles. The van der Waals surface area contributed by atoms with Crippen LogP contribution in [0.2, 0.25) is 0 Å². The fourth-order valence-corrected chi connectivity index (χ4v) is 6.77. The van der Waals surface area contributed by atoms with Crippen molar-refractivity contribution in [2.24, 2.45) is 11.8 Å². The number of rotatable bonds is 5. The highest BCUT2D eigenvalue weighted by atomic mass is 19.1. The number of hydrogen-bond donors (Lipinski definition) is 1. The van der Waals surface area contributed by atoms with Crippen molar-refractivity contribution in [2.75, 3.05) is 26.3 Å². The monoisotopic (exact) mass is 499 g/mol. The Morgan fingerprint density at radius 2 is 1.89 bits per heavy atom. The number of carbonyl (C=O) groups excluding carboxylic acids is 3. The second-order valence-corrected chi connectivity index (χ2v) is 11.0. The molecule has 8 nitrogen and oxygen atoms in total. The SMILES string of the molecule is O=C1CCC(N2Cc3cc(O[C@@H]4CCCC[C@@H]4N4CC(C5CCOC[C@@H]5F)C4)ccc3C2=O)C(=O)N1. The minimum absolute atomic E-state index is 0.0666. The number of alkyl halides is 1. The van der Waals surface area contributed by atoms with Crippen LogP contribution in [0.1, 0.15) is 60.9 Å². The number of benzene rings is 1. The fourth-order valence-electron chi connectivity index (χ4n) is 6.77. The van der Waals surface area contributed by atoms with Crippen molar-refractivity contribution < 1.29 is 28.2 Å². The summed E-state index contributed by atoms with van der Waals surface area (Å²) in [6, 6.07) is 5.28. The molecule has 3 amide bonds. The van der Waals surface area contributed by atoms with Crippen LogP contribution in [0.5, 0.6) is 5.75 Å². The van der Waals surface area contributed by atoms with Gasteiger partial charge in [-0.05, 0) is 67.7 Å². The van der Waals surface area contributed by atoms with E-state index in [0.717, 1.165) is 50.1 Å². The average Bonchev–Trinajstić information content (AvgIpc) is 3.16. The molecule has 5 atom stereocenters. The Balaban J connectivity index is 1.10. The number of carbonyl (C=O) groups is 3. The topological polar surface area (TPSA) is 88.2 Å². The number of piperidine rings is 1. The number of hydrogen-bond acceptors (Lipinski definition) is 6. The Bertz CT molecular complexity index is 1040. The zero-order valence-electron chi connectivity index (χ0n) is 20.5. The lowest BCUT2D eigenvalue weighted by Crippen LogP contribution is -2.60. The third-order valence-electron chi connectivity index (χ3n) is 8.80. The lowest BCUT2D eigenvalue weighted by Gasteiger charge is -2.51. The van der Waals surface area contributed by atoms with Crippen molar-refractivity contribution in [1.29, 1.82) is 0 Å². The minimum atomic E-state index is -0.849. The normalized spacial score (nSPS) is 33.8. The molecule has 5 aliphatic rings. The van der Waals surface area contributed by atoms with Gasteiger partial charge in [-0.2, -0.15) is 0 Å². The molecular formula is C27H34FN3O5. The van der Waals surface area contributed by atoms with Gasteiger partial charge in [-0.15, -0.1) is 0 Å². The molecule has 1 aromatic rings. The second-order valence-electron chi connectivity index (χ2n) is 11.0. The highest BCUT2D eigenvalue weighted by Crippen LogP contribution is 2.38. The molecule has 1 aromatic carbocycles. The third-order valence-corrected chi connectivity index (χ3v) is 8.80. The van der Waals surface area contributed by atoms with Crippen LogP contribution < -0.4 is 10.1 Å². The van der Waals surface area contributed by atoms with Crippen LogP contribution in [-0.4, -0.2) is 78.2 Å². The van der Waals surface area contributed by atoms with Gasteiger partial charge < -0.3 is 14.4 Å². The van der Waals surface area contributed by atoms with Crippen molar-refractivity contribution in [3.63, 3.8) is 0 Å². The molecule has 2 unspecified atom stereocenters. The molecule has 36 heavy (non-hydrogen) atoms. The number of nitrogens with zero attached hydrogens (tertiary/aromatic N) is 2. The molecule has 3 saturated heterocycles. The van der Waals surface area contributed by atoms with Gasteiger partial charge in [0.05, 0.1) is 6.61 Å². The lowest BCUT2D eigenvalue weighted by atomic mass is 9.77. The maximum absolute atomic E-state index is 14.3. The van der Waals surface area contributed by atoms with Gasteiger partial charge in [0, 0.05) is 44.3 Å². The number of likely N-dealkylation sites (tertiary alicyclic amines) is 1. The number of imide groups is 1. The molecule has 6 rings (SSSR count). The van der Waals surface area contributed by atoms with E-state index < -0.39 is 18.1 Å². The van der Waals surface area contributed by atoms with Gasteiger partial charge in [-0.1, -0.05) is 6.42 Å². The van der Waals surface area contributed by atoms with Crippen LogP contribution in [0.3, 0.4) is 0 Å². The standard InChI is InChI=1S/C27H34FN3O5/c28-21-15-35-10-9-19(21)17-12-30(13-17)22-3-1-2-4-24(22)36-18-5-6-20-16(11-18)14-31(27(20)34)23-7-8-25(32)29-26(23)33/h5-6,11,17,19,21-24H,1-4,7-10,12-15H2,(H,29,32,33)/t19?,21-,22-,23?,24+/m0/s1. The van der Waals surface area contributed by atoms with E-state index in [-0.39, 0.29) is 36.9 Å². The van der Waals surface area contributed by atoms with E-state index in [9.17, 15) is 18.8 Å². The summed E-state index contributed by atoms with van der Waals surface area (Å²) >= 11 is 0. The smallest absolute Gasteiger partial charge is 0.255 e. The molecule has 4 fully saturated rings. The highest BCUT2D eigenvalue weighted by molar-refractivity contribution is 6.05. The van der Waals surface area contributed by atoms with Crippen molar-refractivity contribution >= 4 is 17.7 Å². The first kappa shape index (κ1) is 23.9. The number of fused-ring (bicyclic) bond motifs is 1. The first-order chi connectivity index (χ1) is 17.5. The molecule has 0 bridgehead atoms. The fraction of sp³-hybridized carbons (Fsp3) is 0.667. The van der Waals surface area contributed by atoms with Gasteiger partial charge in [0.25, 0.3) is 5.91 Å². The second kappa shape index (κ2) is 9.74. The summed E-state index contributed by atoms with van der Waals surface area (Å²) in [5.74, 6) is 0.391. The maximum Gasteiger partial charge on any atom is 0.255 e. The largest absolute Gasteiger partial charge is 0.489 e. The molecule has 4 heterocycles. The van der Waals surface area contributed by atoms with Crippen molar-refractivity contribution in [3.8, 4) is 5.75 Å². The summed E-state index contributed by atoms with van der Waals surface area (Å²) in [6.07, 6.45) is 4.98. The summed E-state index contributed by atoms with van der Waals surface area (Å²) in [7, 11) is 0. The Morgan fingerprint density at radius 3 is 2.69 bits per heavy atom. The highest BCUT2D eigenvalue weighted by Gasteiger charge is 2.44. The lowest BCUT2D eigenvalue weighted by molar-refractivity contribution is -0.136. The summed E-state index contributed by atoms with van der Waals surface area (Å²) < 4.78 is 26.1. The van der Waals surface area contributed by atoms with Crippen LogP contribution in [0.4, 0.5) is 4.39 Å². The number of nitrogens with one attached hydrogen (secondary N) is 1. The van der Waals surface area contributed by atoms with E-state index in [1.807, 2.05) is 12.1 Å². The van der Waals surface area contributed by atoms with E-state index in [2.05, 4.69) is 10.2 Å². The van der Waals surface area contributed by atoms with Crippen LogP contribution in [-0.2, 0) is 20.9 Å². The molecule has 194 valence electrons. The van der Waals surface area contributed by atoms with Crippen molar-refractivity contribution in [2.45, 2.75) is 75.8 Å². The van der Waals surface area contributed by atoms with Gasteiger partial charge in [0.15, 0.2) is 0 Å². The zero-order chi connectivity index (χ0) is 24.8. The summed E-state index contributed by atoms with van der Waals surface area (Å²) in [5, 5.41) is 2.34. The zero-order valence-corrected chi connectivity index (χ0v) is 20.5. The van der Waals surface area contributed by atoms with Gasteiger partial charge in [0.1, 0.15) is 24.1 Å². The van der Waals surface area contributed by atoms with E-state index >= 15 is 0 Å². The minimum Gasteiger partial charge on any atom is -0.489 e. The van der Waals surface area contributed by atoms with Crippen LogP contribution in [0.25, 0.3) is 0 Å². The Morgan fingerprint density at radius 1 is 1.06 bits per heavy atom. The number of ether oxygens (including phenoxy) is 2. The van der Waals surface area contributed by atoms with Gasteiger partial charge in [-0.25, -0.2) is 4.39 Å². The van der Waals surface area contributed by atoms with Crippen molar-refractivity contribution in [1.82, 2.24) is 15.1 Å². The van der Waals surface area contributed by atoms with E-state index in [1.165, 1.54) is 6.42 Å². The first-order valence-electron chi connectivity index (χ1n) is 13.4. The maximum atomic E-state index is 14.3. The van der Waals surface area contributed by atoms with E-state index in [0.29, 0.717) is 37.1 Å². The molecule has 0 spiro atoms. The van der Waals surface area contributed by atoms with Gasteiger partial charge in [-0.3, -0.25) is 24.6 Å². The van der Waals surface area contributed by atoms with Crippen LogP contribution >= 0.6 is 0 Å². The number of amides is 3. The van der Waals surface area contributed by atoms with E-state index in [1.54, 1.807) is 11.0 Å². The third kappa shape index (κ3) is 4.41. The van der Waals surface area contributed by atoms with Gasteiger partial charge >= 0.3 is 0 Å².